The second-order valence-electron chi connectivity index (χ2n) is 8.33. The summed E-state index contributed by atoms with van der Waals surface area (Å²) in [6.07, 6.45) is 0. The minimum atomic E-state index is -0.450. The summed E-state index contributed by atoms with van der Waals surface area (Å²) in [6, 6.07) is 28.7. The largest absolute Gasteiger partial charge is 0.380 e. The lowest BCUT2D eigenvalue weighted by Gasteiger charge is -2.10. The molecule has 0 atom stereocenters. The number of ketones is 1. The molecule has 0 saturated carbocycles. The second kappa shape index (κ2) is 8.96. The Bertz CT molecular complexity index is 1520. The number of benzene rings is 4. The quantitative estimate of drug-likeness (QED) is 0.343. The monoisotopic (exact) mass is 448 g/mol. The molecule has 5 rings (SSSR count). The van der Waals surface area contributed by atoms with Gasteiger partial charge in [0.2, 0.25) is 5.91 Å². The molecule has 1 aromatic heterocycles. The average molecular weight is 449 g/mol. The summed E-state index contributed by atoms with van der Waals surface area (Å²) in [7, 11) is 1.67. The van der Waals surface area contributed by atoms with E-state index in [1.54, 1.807) is 13.2 Å². The molecule has 5 aromatic rings. The number of rotatable bonds is 7. The summed E-state index contributed by atoms with van der Waals surface area (Å²) in [4.78, 5) is 24.9. The molecule has 34 heavy (non-hydrogen) atoms. The number of ether oxygens (including phenoxy) is 1. The summed E-state index contributed by atoms with van der Waals surface area (Å²) in [6.45, 7) is 1.08. The third-order valence-electron chi connectivity index (χ3n) is 6.12. The Balaban J connectivity index is 1.59. The van der Waals surface area contributed by atoms with Crippen molar-refractivity contribution in [1.29, 1.82) is 0 Å². The van der Waals surface area contributed by atoms with E-state index in [1.807, 2.05) is 78.9 Å². The normalized spacial score (nSPS) is 11.2. The molecular weight excluding hydrogens is 424 g/mol. The van der Waals surface area contributed by atoms with Crippen molar-refractivity contribution in [3.8, 4) is 0 Å². The number of aromatic nitrogens is 1. The van der Waals surface area contributed by atoms with Crippen molar-refractivity contribution in [3.63, 3.8) is 0 Å². The molecule has 0 bridgehead atoms. The van der Waals surface area contributed by atoms with Crippen LogP contribution in [-0.4, -0.2) is 23.4 Å². The van der Waals surface area contributed by atoms with Gasteiger partial charge in [0.1, 0.15) is 0 Å². The van der Waals surface area contributed by atoms with Gasteiger partial charge in [-0.25, -0.2) is 0 Å². The Morgan fingerprint density at radius 3 is 2.21 bits per heavy atom. The first-order valence-corrected chi connectivity index (χ1v) is 11.1. The third kappa shape index (κ3) is 3.87. The first kappa shape index (κ1) is 21.6. The lowest BCUT2D eigenvalue weighted by atomic mass is 10.0. The van der Waals surface area contributed by atoms with Crippen LogP contribution in [0.25, 0.3) is 21.8 Å². The molecule has 0 aliphatic heterocycles. The fraction of sp³-hybridized carbons (Fsp3) is 0.103. The van der Waals surface area contributed by atoms with E-state index in [0.29, 0.717) is 29.8 Å². The molecule has 4 aromatic carbocycles. The molecule has 0 radical (unpaired) electrons. The van der Waals surface area contributed by atoms with Gasteiger partial charge >= 0.3 is 0 Å². The van der Waals surface area contributed by atoms with Crippen molar-refractivity contribution in [1.82, 2.24) is 4.57 Å². The lowest BCUT2D eigenvalue weighted by Crippen LogP contribution is -2.11. The highest BCUT2D eigenvalue weighted by Gasteiger charge is 2.17. The number of amides is 1. The van der Waals surface area contributed by atoms with Gasteiger partial charge in [0.15, 0.2) is 5.78 Å². The molecule has 0 aliphatic carbocycles. The van der Waals surface area contributed by atoms with Crippen LogP contribution in [0, 0.1) is 0 Å². The van der Waals surface area contributed by atoms with E-state index in [4.69, 9.17) is 10.5 Å². The van der Waals surface area contributed by atoms with Gasteiger partial charge < -0.3 is 15.0 Å². The van der Waals surface area contributed by atoms with E-state index in [9.17, 15) is 9.59 Å². The molecule has 1 heterocycles. The molecule has 0 fully saturated rings. The van der Waals surface area contributed by atoms with Crippen LogP contribution < -0.4 is 5.73 Å². The number of methoxy groups -OCH3 is 1. The van der Waals surface area contributed by atoms with E-state index < -0.39 is 5.91 Å². The van der Waals surface area contributed by atoms with Gasteiger partial charge in [-0.2, -0.15) is 0 Å². The van der Waals surface area contributed by atoms with Crippen LogP contribution in [0.5, 0.6) is 0 Å². The van der Waals surface area contributed by atoms with Crippen molar-refractivity contribution in [2.45, 2.75) is 13.2 Å². The summed E-state index contributed by atoms with van der Waals surface area (Å²) in [5.41, 5.74) is 11.6. The highest BCUT2D eigenvalue weighted by atomic mass is 16.5. The maximum absolute atomic E-state index is 12.8. The van der Waals surface area contributed by atoms with Crippen LogP contribution in [0.4, 0.5) is 0 Å². The van der Waals surface area contributed by atoms with E-state index in [-0.39, 0.29) is 5.78 Å². The minimum Gasteiger partial charge on any atom is -0.380 e. The number of primary amides is 1. The molecule has 0 unspecified atom stereocenters. The minimum absolute atomic E-state index is 0.000629. The zero-order chi connectivity index (χ0) is 23.7. The summed E-state index contributed by atoms with van der Waals surface area (Å²) in [5.74, 6) is -0.450. The molecular formula is C29H24N2O3. The Morgan fingerprint density at radius 2 is 1.50 bits per heavy atom. The van der Waals surface area contributed by atoms with Crippen LogP contribution in [0.1, 0.15) is 37.4 Å². The molecule has 1 amide bonds. The average Bonchev–Trinajstić information content (AvgIpc) is 3.17. The van der Waals surface area contributed by atoms with Crippen molar-refractivity contribution in [3.05, 3.63) is 119 Å². The predicted octanol–water partition coefficient (Wildman–Crippen LogP) is 5.32. The van der Waals surface area contributed by atoms with Gasteiger partial charge in [0, 0.05) is 46.6 Å². The maximum atomic E-state index is 12.8. The standard InChI is InChI=1S/C29H24N2O3/c1-34-18-20-12-15-23-26(16-20)31(25-9-5-8-24(27(23)25)29(30)33)17-19-10-13-22(14-11-19)28(32)21-6-3-2-4-7-21/h2-16H,17-18H2,1H3,(H2,30,33). The number of nitrogens with zero attached hydrogens (tertiary/aromatic N) is 1. The second-order valence-corrected chi connectivity index (χ2v) is 8.33. The van der Waals surface area contributed by atoms with Crippen LogP contribution >= 0.6 is 0 Å². The fourth-order valence-corrected chi connectivity index (χ4v) is 4.52. The van der Waals surface area contributed by atoms with E-state index in [1.165, 1.54) is 0 Å². The number of hydrogen-bond acceptors (Lipinski definition) is 3. The van der Waals surface area contributed by atoms with Gasteiger partial charge in [0.05, 0.1) is 12.1 Å². The van der Waals surface area contributed by atoms with Crippen LogP contribution in [0.15, 0.2) is 91.0 Å². The fourth-order valence-electron chi connectivity index (χ4n) is 4.52. The van der Waals surface area contributed by atoms with E-state index >= 15 is 0 Å². The maximum Gasteiger partial charge on any atom is 0.249 e. The van der Waals surface area contributed by atoms with Gasteiger partial charge in [-0.05, 0) is 29.3 Å². The first-order chi connectivity index (χ1) is 16.6. The van der Waals surface area contributed by atoms with E-state index in [2.05, 4.69) is 10.6 Å². The van der Waals surface area contributed by atoms with Crippen molar-refractivity contribution < 1.29 is 14.3 Å². The number of carbonyl (C=O) groups excluding carboxylic acids is 2. The molecule has 2 N–H and O–H groups in total. The van der Waals surface area contributed by atoms with Crippen LogP contribution in [0.3, 0.4) is 0 Å². The number of fused-ring (bicyclic) bond motifs is 3. The Kier molecular flexibility index (Phi) is 5.70. The van der Waals surface area contributed by atoms with Gasteiger partial charge in [-0.1, -0.05) is 72.8 Å². The van der Waals surface area contributed by atoms with E-state index in [0.717, 1.165) is 32.9 Å². The summed E-state index contributed by atoms with van der Waals surface area (Å²) in [5, 5.41) is 1.82. The highest BCUT2D eigenvalue weighted by molar-refractivity contribution is 6.18. The highest BCUT2D eigenvalue weighted by Crippen LogP contribution is 2.33. The first-order valence-electron chi connectivity index (χ1n) is 11.1. The van der Waals surface area contributed by atoms with Gasteiger partial charge in [-0.15, -0.1) is 0 Å². The molecule has 0 spiro atoms. The molecule has 5 heteroatoms. The Hall–Kier alpha value is -4.22. The third-order valence-corrected chi connectivity index (χ3v) is 6.12. The topological polar surface area (TPSA) is 74.3 Å². The smallest absolute Gasteiger partial charge is 0.249 e. The summed E-state index contributed by atoms with van der Waals surface area (Å²) >= 11 is 0. The number of carbonyl (C=O) groups is 2. The van der Waals surface area contributed by atoms with Crippen molar-refractivity contribution in [2.75, 3.05) is 7.11 Å². The zero-order valence-corrected chi connectivity index (χ0v) is 18.8. The Morgan fingerprint density at radius 1 is 0.794 bits per heavy atom. The summed E-state index contributed by atoms with van der Waals surface area (Å²) < 4.78 is 7.51. The van der Waals surface area contributed by atoms with Crippen molar-refractivity contribution in [2.24, 2.45) is 5.73 Å². The van der Waals surface area contributed by atoms with Crippen LogP contribution in [-0.2, 0) is 17.9 Å². The van der Waals surface area contributed by atoms with Gasteiger partial charge in [0.25, 0.3) is 0 Å². The predicted molar refractivity (Wildman–Crippen MR) is 134 cm³/mol. The number of hydrogen-bond donors (Lipinski definition) is 1. The molecule has 0 aliphatic rings. The molecule has 5 nitrogen and oxygen atoms in total. The zero-order valence-electron chi connectivity index (χ0n) is 18.8. The molecule has 168 valence electrons. The Labute approximate surface area is 197 Å². The van der Waals surface area contributed by atoms with Gasteiger partial charge in [-0.3, -0.25) is 9.59 Å². The lowest BCUT2D eigenvalue weighted by molar-refractivity contribution is 0.1000. The van der Waals surface area contributed by atoms with Crippen molar-refractivity contribution >= 4 is 33.5 Å². The SMILES string of the molecule is COCc1ccc2c3c(C(N)=O)cccc3n(Cc3ccc(C(=O)c4ccccc4)cc3)c2c1. The number of nitrogens with two attached hydrogens (primary N) is 1. The van der Waals surface area contributed by atoms with Crippen LogP contribution in [0.2, 0.25) is 0 Å². The molecule has 0 saturated heterocycles.